The van der Waals surface area contributed by atoms with E-state index in [1.165, 1.54) is 16.4 Å². The predicted molar refractivity (Wildman–Crippen MR) is 77.1 cm³/mol. The average molecular weight is 300 g/mol. The van der Waals surface area contributed by atoms with Crippen molar-refractivity contribution in [3.8, 4) is 0 Å². The number of rotatable bonds is 3. The SMILES string of the molecule is CC(C)C1CCN(S(=O)(=O)c2cc(N)ccc2F)CC1. The van der Waals surface area contributed by atoms with Gasteiger partial charge in [0.15, 0.2) is 0 Å². The number of hydrogen-bond acceptors (Lipinski definition) is 3. The third-order valence-electron chi connectivity index (χ3n) is 4.01. The van der Waals surface area contributed by atoms with Crippen molar-refractivity contribution < 1.29 is 12.8 Å². The second-order valence-corrected chi connectivity index (χ2v) is 7.58. The molecular formula is C14H21FN2O2S. The van der Waals surface area contributed by atoms with Gasteiger partial charge in [0.1, 0.15) is 10.7 Å². The summed E-state index contributed by atoms with van der Waals surface area (Å²) in [6, 6.07) is 3.65. The van der Waals surface area contributed by atoms with Crippen LogP contribution in [0.5, 0.6) is 0 Å². The quantitative estimate of drug-likeness (QED) is 0.872. The Balaban J connectivity index is 2.22. The zero-order chi connectivity index (χ0) is 14.9. The minimum absolute atomic E-state index is 0.252. The average Bonchev–Trinajstić information content (AvgIpc) is 2.41. The highest BCUT2D eigenvalue weighted by Gasteiger charge is 2.32. The van der Waals surface area contributed by atoms with Crippen molar-refractivity contribution in [1.29, 1.82) is 0 Å². The van der Waals surface area contributed by atoms with Crippen LogP contribution in [0.3, 0.4) is 0 Å². The molecule has 112 valence electrons. The molecule has 20 heavy (non-hydrogen) atoms. The van der Waals surface area contributed by atoms with Gasteiger partial charge in [-0.3, -0.25) is 0 Å². The third kappa shape index (κ3) is 2.96. The lowest BCUT2D eigenvalue weighted by Gasteiger charge is -2.33. The fraction of sp³-hybridized carbons (Fsp3) is 0.571. The van der Waals surface area contributed by atoms with Gasteiger partial charge in [0, 0.05) is 18.8 Å². The Hall–Kier alpha value is -1.14. The molecule has 4 nitrogen and oxygen atoms in total. The molecule has 0 saturated carbocycles. The van der Waals surface area contributed by atoms with Gasteiger partial charge in [0.05, 0.1) is 0 Å². The smallest absolute Gasteiger partial charge is 0.246 e. The molecule has 0 spiro atoms. The summed E-state index contributed by atoms with van der Waals surface area (Å²) in [6.45, 7) is 5.18. The first kappa shape index (κ1) is 15.3. The zero-order valence-corrected chi connectivity index (χ0v) is 12.7. The first-order valence-corrected chi connectivity index (χ1v) is 8.31. The molecule has 0 radical (unpaired) electrons. The second kappa shape index (κ2) is 5.69. The molecule has 1 saturated heterocycles. The maximum atomic E-state index is 13.8. The molecule has 0 atom stereocenters. The van der Waals surface area contributed by atoms with E-state index in [4.69, 9.17) is 5.73 Å². The summed E-state index contributed by atoms with van der Waals surface area (Å²) in [5.74, 6) is 0.335. The van der Waals surface area contributed by atoms with Gasteiger partial charge in [0.25, 0.3) is 0 Å². The van der Waals surface area contributed by atoms with E-state index in [1.807, 2.05) is 0 Å². The molecule has 0 amide bonds. The summed E-state index contributed by atoms with van der Waals surface area (Å²) < 4.78 is 40.1. The number of hydrogen-bond donors (Lipinski definition) is 1. The molecule has 1 aromatic carbocycles. The topological polar surface area (TPSA) is 63.4 Å². The predicted octanol–water partition coefficient (Wildman–Crippen LogP) is 2.46. The van der Waals surface area contributed by atoms with Crippen LogP contribution in [0.15, 0.2) is 23.1 Å². The van der Waals surface area contributed by atoms with Gasteiger partial charge in [-0.05, 0) is 42.9 Å². The Bertz CT molecular complexity index is 579. The third-order valence-corrected chi connectivity index (χ3v) is 5.93. The van der Waals surface area contributed by atoms with Crippen LogP contribution in [-0.4, -0.2) is 25.8 Å². The number of nitrogens with two attached hydrogens (primary N) is 1. The summed E-state index contributed by atoms with van der Waals surface area (Å²) in [7, 11) is -3.79. The van der Waals surface area contributed by atoms with Crippen LogP contribution in [0.2, 0.25) is 0 Å². The van der Waals surface area contributed by atoms with Crippen molar-refractivity contribution in [3.05, 3.63) is 24.0 Å². The molecular weight excluding hydrogens is 279 g/mol. The molecule has 1 heterocycles. The monoisotopic (exact) mass is 300 g/mol. The Morgan fingerprint density at radius 2 is 1.90 bits per heavy atom. The largest absolute Gasteiger partial charge is 0.399 e. The molecule has 0 aromatic heterocycles. The van der Waals surface area contributed by atoms with Gasteiger partial charge in [-0.1, -0.05) is 13.8 Å². The van der Waals surface area contributed by atoms with Crippen molar-refractivity contribution in [3.63, 3.8) is 0 Å². The van der Waals surface area contributed by atoms with Gasteiger partial charge >= 0.3 is 0 Å². The molecule has 2 rings (SSSR count). The Morgan fingerprint density at radius 3 is 2.45 bits per heavy atom. The molecule has 0 unspecified atom stereocenters. The van der Waals surface area contributed by atoms with E-state index in [1.54, 1.807) is 0 Å². The van der Waals surface area contributed by atoms with Crippen molar-refractivity contribution in [1.82, 2.24) is 4.31 Å². The number of nitrogens with zero attached hydrogens (tertiary/aromatic N) is 1. The summed E-state index contributed by atoms with van der Waals surface area (Å²) in [5, 5.41) is 0. The maximum Gasteiger partial charge on any atom is 0.246 e. The van der Waals surface area contributed by atoms with Crippen LogP contribution in [0.25, 0.3) is 0 Å². The van der Waals surface area contributed by atoms with E-state index in [9.17, 15) is 12.8 Å². The number of benzene rings is 1. The van der Waals surface area contributed by atoms with Gasteiger partial charge in [0.2, 0.25) is 10.0 Å². The molecule has 1 aliphatic heterocycles. The minimum Gasteiger partial charge on any atom is -0.399 e. The first-order valence-electron chi connectivity index (χ1n) is 6.87. The fourth-order valence-corrected chi connectivity index (χ4v) is 4.21. The number of piperidine rings is 1. The van der Waals surface area contributed by atoms with E-state index in [2.05, 4.69) is 13.8 Å². The standard InChI is InChI=1S/C14H21FN2O2S/c1-10(2)11-5-7-17(8-6-11)20(18,19)14-9-12(16)3-4-13(14)15/h3-4,9-11H,5-8,16H2,1-2H3. The molecule has 6 heteroatoms. The first-order chi connectivity index (χ1) is 9.32. The summed E-state index contributed by atoms with van der Waals surface area (Å²) in [6.07, 6.45) is 1.64. The Kier molecular flexibility index (Phi) is 4.34. The van der Waals surface area contributed by atoms with Crippen LogP contribution >= 0.6 is 0 Å². The van der Waals surface area contributed by atoms with Crippen molar-refractivity contribution in [2.45, 2.75) is 31.6 Å². The lowest BCUT2D eigenvalue weighted by atomic mass is 9.87. The van der Waals surface area contributed by atoms with E-state index in [0.29, 0.717) is 24.9 Å². The second-order valence-electron chi connectivity index (χ2n) is 5.68. The summed E-state index contributed by atoms with van der Waals surface area (Å²) in [4.78, 5) is -0.319. The lowest BCUT2D eigenvalue weighted by molar-refractivity contribution is 0.226. The normalized spacial score (nSPS) is 18.6. The lowest BCUT2D eigenvalue weighted by Crippen LogP contribution is -2.39. The van der Waals surface area contributed by atoms with Gasteiger partial charge in [-0.2, -0.15) is 4.31 Å². The maximum absolute atomic E-state index is 13.8. The fourth-order valence-electron chi connectivity index (χ4n) is 2.64. The molecule has 0 aliphatic carbocycles. The van der Waals surface area contributed by atoms with Gasteiger partial charge in [-0.25, -0.2) is 12.8 Å². The van der Waals surface area contributed by atoms with Crippen molar-refractivity contribution in [2.24, 2.45) is 11.8 Å². The van der Waals surface area contributed by atoms with Gasteiger partial charge < -0.3 is 5.73 Å². The highest BCUT2D eigenvalue weighted by atomic mass is 32.2. The number of halogens is 1. The minimum atomic E-state index is -3.79. The van der Waals surface area contributed by atoms with Crippen LogP contribution in [0.1, 0.15) is 26.7 Å². The number of sulfonamides is 1. The van der Waals surface area contributed by atoms with E-state index in [0.717, 1.165) is 18.9 Å². The Labute approximate surface area is 119 Å². The highest BCUT2D eigenvalue weighted by Crippen LogP contribution is 2.29. The highest BCUT2D eigenvalue weighted by molar-refractivity contribution is 7.89. The number of anilines is 1. The van der Waals surface area contributed by atoms with E-state index in [-0.39, 0.29) is 10.6 Å². The van der Waals surface area contributed by atoms with Crippen molar-refractivity contribution >= 4 is 15.7 Å². The molecule has 2 N–H and O–H groups in total. The van der Waals surface area contributed by atoms with Crippen LogP contribution < -0.4 is 5.73 Å². The number of nitrogen functional groups attached to an aromatic ring is 1. The Morgan fingerprint density at radius 1 is 1.30 bits per heavy atom. The van der Waals surface area contributed by atoms with Crippen LogP contribution in [-0.2, 0) is 10.0 Å². The molecule has 1 fully saturated rings. The van der Waals surface area contributed by atoms with E-state index >= 15 is 0 Å². The molecule has 0 bridgehead atoms. The van der Waals surface area contributed by atoms with Crippen molar-refractivity contribution in [2.75, 3.05) is 18.8 Å². The molecule has 1 aromatic rings. The van der Waals surface area contributed by atoms with E-state index < -0.39 is 15.8 Å². The molecule has 1 aliphatic rings. The summed E-state index contributed by atoms with van der Waals surface area (Å²) >= 11 is 0. The summed E-state index contributed by atoms with van der Waals surface area (Å²) in [5.41, 5.74) is 5.82. The van der Waals surface area contributed by atoms with Crippen LogP contribution in [0, 0.1) is 17.7 Å². The van der Waals surface area contributed by atoms with Gasteiger partial charge in [-0.15, -0.1) is 0 Å². The zero-order valence-electron chi connectivity index (χ0n) is 11.8. The van der Waals surface area contributed by atoms with Crippen LogP contribution in [0.4, 0.5) is 10.1 Å².